The van der Waals surface area contributed by atoms with Crippen molar-refractivity contribution in [2.45, 2.75) is 44.1 Å². The number of carbonyl (C=O) groups is 1. The Labute approximate surface area is 138 Å². The van der Waals surface area contributed by atoms with Gasteiger partial charge in [0, 0.05) is 17.9 Å². The second kappa shape index (κ2) is 5.64. The quantitative estimate of drug-likeness (QED) is 0.892. The average molecular weight is 334 g/mol. The largest absolute Gasteiger partial charge is 0.311 e. The highest BCUT2D eigenvalue weighted by Gasteiger charge is 2.32. The summed E-state index contributed by atoms with van der Waals surface area (Å²) in [5, 5.41) is 7.57. The van der Waals surface area contributed by atoms with Crippen LogP contribution in [-0.2, 0) is 4.79 Å². The maximum atomic E-state index is 13.4. The van der Waals surface area contributed by atoms with Crippen molar-refractivity contribution in [3.63, 3.8) is 0 Å². The Morgan fingerprint density at radius 1 is 1.30 bits per heavy atom. The second-order valence-corrected chi connectivity index (χ2v) is 6.72. The number of hydrogen-bond donors (Lipinski definition) is 1. The van der Waals surface area contributed by atoms with Gasteiger partial charge in [0.2, 0.25) is 5.91 Å². The van der Waals surface area contributed by atoms with Crippen LogP contribution in [0.15, 0.2) is 24.4 Å². The molecule has 1 fully saturated rings. The van der Waals surface area contributed by atoms with E-state index >= 15 is 0 Å². The van der Waals surface area contributed by atoms with E-state index in [1.807, 2.05) is 10.9 Å². The summed E-state index contributed by atoms with van der Waals surface area (Å²) in [7, 11) is 0. The first-order chi connectivity index (χ1) is 11.1. The topological polar surface area (TPSA) is 46.9 Å². The molecule has 0 unspecified atom stereocenters. The molecule has 1 aliphatic heterocycles. The van der Waals surface area contributed by atoms with Crippen molar-refractivity contribution in [1.29, 1.82) is 0 Å². The van der Waals surface area contributed by atoms with Crippen LogP contribution in [-0.4, -0.2) is 15.7 Å². The second-order valence-electron chi connectivity index (χ2n) is 6.31. The summed E-state index contributed by atoms with van der Waals surface area (Å²) in [6.45, 7) is 0. The summed E-state index contributed by atoms with van der Waals surface area (Å²) in [5.74, 6) is 0.172. The predicted octanol–water partition coefficient (Wildman–Crippen LogP) is 4.26. The molecule has 4 rings (SSSR count). The Bertz CT molecular complexity index is 767. The molecule has 23 heavy (non-hydrogen) atoms. The fourth-order valence-electron chi connectivity index (χ4n) is 3.69. The van der Waals surface area contributed by atoms with Crippen LogP contribution in [0.2, 0.25) is 5.02 Å². The third-order valence-electron chi connectivity index (χ3n) is 4.86. The Hall–Kier alpha value is -1.88. The minimum atomic E-state index is -0.447. The van der Waals surface area contributed by atoms with Gasteiger partial charge in [-0.15, -0.1) is 0 Å². The highest BCUT2D eigenvalue weighted by molar-refractivity contribution is 6.30. The summed E-state index contributed by atoms with van der Waals surface area (Å²) in [6, 6.07) is 5.01. The van der Waals surface area contributed by atoms with Crippen molar-refractivity contribution < 1.29 is 9.18 Å². The summed E-state index contributed by atoms with van der Waals surface area (Å²) in [6.07, 6.45) is 6.74. The lowest BCUT2D eigenvalue weighted by Crippen LogP contribution is -2.25. The number of aromatic nitrogens is 2. The molecular weight excluding hydrogens is 317 g/mol. The van der Waals surface area contributed by atoms with Crippen LogP contribution in [0.25, 0.3) is 0 Å². The van der Waals surface area contributed by atoms with Gasteiger partial charge < -0.3 is 5.32 Å². The summed E-state index contributed by atoms with van der Waals surface area (Å²) in [4.78, 5) is 12.2. The number of amides is 1. The number of nitrogens with zero attached hydrogens (tertiary/aromatic N) is 2. The Morgan fingerprint density at radius 3 is 2.83 bits per heavy atom. The van der Waals surface area contributed by atoms with Gasteiger partial charge in [0.15, 0.2) is 0 Å². The third-order valence-corrected chi connectivity index (χ3v) is 5.15. The number of fused-ring (bicyclic) bond motifs is 1. The van der Waals surface area contributed by atoms with E-state index < -0.39 is 5.82 Å². The zero-order valence-electron chi connectivity index (χ0n) is 12.6. The molecule has 1 aromatic carbocycles. The van der Waals surface area contributed by atoms with Gasteiger partial charge in [-0.2, -0.15) is 5.10 Å². The molecule has 1 amide bonds. The molecule has 0 spiro atoms. The average Bonchev–Trinajstić information content (AvgIpc) is 3.17. The number of benzene rings is 1. The molecule has 1 aliphatic carbocycles. The summed E-state index contributed by atoms with van der Waals surface area (Å²) < 4.78 is 15.4. The first-order valence-corrected chi connectivity index (χ1v) is 8.33. The lowest BCUT2D eigenvalue weighted by molar-refractivity contribution is -0.116. The zero-order valence-corrected chi connectivity index (χ0v) is 13.3. The highest BCUT2D eigenvalue weighted by atomic mass is 35.5. The van der Waals surface area contributed by atoms with E-state index in [0.29, 0.717) is 12.5 Å². The molecule has 2 aliphatic rings. The lowest BCUT2D eigenvalue weighted by atomic mass is 9.87. The minimum Gasteiger partial charge on any atom is -0.311 e. The SMILES string of the molecule is O=C1C[C@H](c2ccc(F)c(Cl)c2)c2cnn(C3CCCC3)c2N1. The van der Waals surface area contributed by atoms with E-state index in [4.69, 9.17) is 11.6 Å². The van der Waals surface area contributed by atoms with Crippen LogP contribution in [0, 0.1) is 5.82 Å². The van der Waals surface area contributed by atoms with Gasteiger partial charge in [0.05, 0.1) is 17.3 Å². The van der Waals surface area contributed by atoms with Gasteiger partial charge >= 0.3 is 0 Å². The lowest BCUT2D eigenvalue weighted by Gasteiger charge is -2.25. The normalized spacial score (nSPS) is 21.3. The van der Waals surface area contributed by atoms with Crippen molar-refractivity contribution in [3.8, 4) is 0 Å². The smallest absolute Gasteiger partial charge is 0.226 e. The van der Waals surface area contributed by atoms with Crippen LogP contribution in [0.4, 0.5) is 10.2 Å². The predicted molar refractivity (Wildman–Crippen MR) is 86.2 cm³/mol. The van der Waals surface area contributed by atoms with Gasteiger partial charge in [0.25, 0.3) is 0 Å². The van der Waals surface area contributed by atoms with Crippen LogP contribution in [0.5, 0.6) is 0 Å². The van der Waals surface area contributed by atoms with Crippen LogP contribution in [0.3, 0.4) is 0 Å². The van der Waals surface area contributed by atoms with E-state index in [9.17, 15) is 9.18 Å². The molecule has 1 saturated carbocycles. The van der Waals surface area contributed by atoms with Crippen molar-refractivity contribution in [2.24, 2.45) is 0 Å². The van der Waals surface area contributed by atoms with Gasteiger partial charge in [0.1, 0.15) is 11.6 Å². The van der Waals surface area contributed by atoms with E-state index in [1.54, 1.807) is 12.1 Å². The number of halogens is 2. The Kier molecular flexibility index (Phi) is 3.60. The first-order valence-electron chi connectivity index (χ1n) is 7.95. The number of rotatable bonds is 2. The minimum absolute atomic E-state index is 0.0392. The zero-order chi connectivity index (χ0) is 16.0. The van der Waals surface area contributed by atoms with Crippen molar-refractivity contribution in [1.82, 2.24) is 9.78 Å². The molecule has 1 N–H and O–H groups in total. The molecule has 1 aromatic heterocycles. The fraction of sp³-hybridized carbons (Fsp3) is 0.412. The standard InChI is InChI=1S/C17H17ClFN3O/c18-14-7-10(5-6-15(14)19)12-8-16(23)21-17-13(12)9-20-22(17)11-3-1-2-4-11/h5-7,9,11-12H,1-4,8H2,(H,21,23)/t12-/m1/s1. The van der Waals surface area contributed by atoms with Crippen LogP contribution >= 0.6 is 11.6 Å². The number of nitrogens with one attached hydrogen (secondary N) is 1. The van der Waals surface area contributed by atoms with E-state index in [1.165, 1.54) is 18.9 Å². The molecule has 2 heterocycles. The van der Waals surface area contributed by atoms with Gasteiger partial charge in [-0.3, -0.25) is 4.79 Å². The van der Waals surface area contributed by atoms with Crippen molar-refractivity contribution in [3.05, 3.63) is 46.4 Å². The molecule has 1 atom stereocenters. The molecule has 4 nitrogen and oxygen atoms in total. The van der Waals surface area contributed by atoms with Crippen LogP contribution < -0.4 is 5.32 Å². The van der Waals surface area contributed by atoms with E-state index in [2.05, 4.69) is 10.4 Å². The maximum Gasteiger partial charge on any atom is 0.226 e. The van der Waals surface area contributed by atoms with E-state index in [-0.39, 0.29) is 16.8 Å². The summed E-state index contributed by atoms with van der Waals surface area (Å²) in [5.41, 5.74) is 1.83. The molecular formula is C17H17ClFN3O. The molecule has 2 aromatic rings. The number of anilines is 1. The number of carbonyl (C=O) groups excluding carboxylic acids is 1. The molecule has 120 valence electrons. The fourth-order valence-corrected chi connectivity index (χ4v) is 3.88. The number of hydrogen-bond acceptors (Lipinski definition) is 2. The van der Waals surface area contributed by atoms with Crippen LogP contribution in [0.1, 0.15) is 55.2 Å². The van der Waals surface area contributed by atoms with Crippen molar-refractivity contribution >= 4 is 23.3 Å². The molecule has 6 heteroatoms. The monoisotopic (exact) mass is 333 g/mol. The van der Waals surface area contributed by atoms with Gasteiger partial charge in [-0.1, -0.05) is 30.5 Å². The van der Waals surface area contributed by atoms with Crippen molar-refractivity contribution in [2.75, 3.05) is 5.32 Å². The maximum absolute atomic E-state index is 13.4. The van der Waals surface area contributed by atoms with E-state index in [0.717, 1.165) is 29.8 Å². The van der Waals surface area contributed by atoms with Gasteiger partial charge in [-0.25, -0.2) is 9.07 Å². The van der Waals surface area contributed by atoms with Gasteiger partial charge in [-0.05, 0) is 30.5 Å². The Morgan fingerprint density at radius 2 is 2.09 bits per heavy atom. The summed E-state index contributed by atoms with van der Waals surface area (Å²) >= 11 is 5.91. The highest BCUT2D eigenvalue weighted by Crippen LogP contribution is 2.41. The Balaban J connectivity index is 1.76. The molecule has 0 bridgehead atoms. The molecule has 0 radical (unpaired) electrons. The molecule has 0 saturated heterocycles. The third kappa shape index (κ3) is 2.53. The first kappa shape index (κ1) is 14.7.